The van der Waals surface area contributed by atoms with E-state index in [1.165, 1.54) is 0 Å². The smallest absolute Gasteiger partial charge is 0.227 e. The number of hydrogen-bond donors (Lipinski definition) is 2. The monoisotopic (exact) mass is 471 g/mol. The summed E-state index contributed by atoms with van der Waals surface area (Å²) in [6.07, 6.45) is 3.16. The van der Waals surface area contributed by atoms with Crippen molar-refractivity contribution in [2.45, 2.75) is 25.7 Å². The lowest BCUT2D eigenvalue weighted by molar-refractivity contribution is -0.130. The number of benzene rings is 2. The zero-order valence-corrected chi connectivity index (χ0v) is 20.7. The average molecular weight is 472 g/mol. The number of methoxy groups -OCH3 is 4. The summed E-state index contributed by atoms with van der Waals surface area (Å²) in [6.45, 7) is 4.15. The number of anilines is 1. The number of ether oxygens (including phenoxy) is 4. The molecular formula is C26H37N3O5. The first-order valence-electron chi connectivity index (χ1n) is 11.8. The highest BCUT2D eigenvalue weighted by Crippen LogP contribution is 2.32. The van der Waals surface area contributed by atoms with Crippen LogP contribution in [-0.2, 0) is 17.6 Å². The highest BCUT2D eigenvalue weighted by atomic mass is 16.5. The number of carbonyl (C=O) groups is 1. The lowest BCUT2D eigenvalue weighted by Gasteiger charge is -2.20. The minimum Gasteiger partial charge on any atom is -0.493 e. The Labute approximate surface area is 202 Å². The van der Waals surface area contributed by atoms with Gasteiger partial charge in [0, 0.05) is 31.4 Å². The third-order valence-electron chi connectivity index (χ3n) is 6.08. The fourth-order valence-electron chi connectivity index (χ4n) is 4.16. The first kappa shape index (κ1) is 25.5. The van der Waals surface area contributed by atoms with Crippen LogP contribution in [0.15, 0.2) is 30.3 Å². The molecule has 2 N–H and O–H groups in total. The molecule has 3 rings (SSSR count). The topological polar surface area (TPSA) is 81.3 Å². The summed E-state index contributed by atoms with van der Waals surface area (Å²) >= 11 is 0. The van der Waals surface area contributed by atoms with E-state index in [9.17, 15) is 4.79 Å². The van der Waals surface area contributed by atoms with Gasteiger partial charge in [-0.05, 0) is 67.7 Å². The normalized spacial score (nSPS) is 13.2. The lowest BCUT2D eigenvalue weighted by atomic mass is 10.0. The van der Waals surface area contributed by atoms with Gasteiger partial charge >= 0.3 is 0 Å². The molecule has 8 nitrogen and oxygen atoms in total. The van der Waals surface area contributed by atoms with Gasteiger partial charge in [-0.2, -0.15) is 0 Å². The Morgan fingerprint density at radius 3 is 2.15 bits per heavy atom. The Morgan fingerprint density at radius 2 is 1.44 bits per heavy atom. The number of rotatable bonds is 13. The Morgan fingerprint density at radius 1 is 0.794 bits per heavy atom. The molecule has 0 radical (unpaired) electrons. The van der Waals surface area contributed by atoms with Gasteiger partial charge in [0.2, 0.25) is 5.91 Å². The van der Waals surface area contributed by atoms with E-state index in [0.29, 0.717) is 17.9 Å². The third-order valence-corrected chi connectivity index (χ3v) is 6.08. The highest BCUT2D eigenvalue weighted by Gasteiger charge is 2.22. The molecule has 1 aliphatic rings. The summed E-state index contributed by atoms with van der Waals surface area (Å²) < 4.78 is 21.4. The van der Waals surface area contributed by atoms with Crippen LogP contribution in [0, 0.1) is 0 Å². The Hall–Kier alpha value is -3.13. The Bertz CT molecular complexity index is 950. The number of amides is 1. The van der Waals surface area contributed by atoms with Crippen LogP contribution in [0.3, 0.4) is 0 Å². The predicted octanol–water partition coefficient (Wildman–Crippen LogP) is 3.13. The molecule has 8 heteroatoms. The van der Waals surface area contributed by atoms with E-state index in [0.717, 1.165) is 80.3 Å². The quantitative estimate of drug-likeness (QED) is 0.435. The Balaban J connectivity index is 1.34. The zero-order valence-electron chi connectivity index (χ0n) is 20.7. The van der Waals surface area contributed by atoms with Crippen LogP contribution in [0.5, 0.6) is 23.0 Å². The van der Waals surface area contributed by atoms with Crippen molar-refractivity contribution in [2.24, 2.45) is 0 Å². The summed E-state index contributed by atoms with van der Waals surface area (Å²) in [6, 6.07) is 9.76. The van der Waals surface area contributed by atoms with E-state index in [-0.39, 0.29) is 5.91 Å². The molecule has 0 aromatic heterocycles. The molecule has 2 aromatic carbocycles. The fourth-order valence-corrected chi connectivity index (χ4v) is 4.16. The summed E-state index contributed by atoms with van der Waals surface area (Å²) in [5.41, 5.74) is 3.20. The Kier molecular flexibility index (Phi) is 9.70. The van der Waals surface area contributed by atoms with Gasteiger partial charge in [0.1, 0.15) is 0 Å². The summed E-state index contributed by atoms with van der Waals surface area (Å²) in [5.74, 6) is 3.00. The van der Waals surface area contributed by atoms with Crippen molar-refractivity contribution in [1.29, 1.82) is 0 Å². The number of nitrogens with one attached hydrogen (secondary N) is 2. The van der Waals surface area contributed by atoms with E-state index < -0.39 is 0 Å². The SMILES string of the molecule is COc1ccc(NCCCNCCCN2CCc3cc(OC)c(OC)cc3CC2=O)cc1OC. The van der Waals surface area contributed by atoms with Crippen LogP contribution in [0.1, 0.15) is 24.0 Å². The minimum absolute atomic E-state index is 0.171. The van der Waals surface area contributed by atoms with Gasteiger partial charge in [-0.3, -0.25) is 4.79 Å². The predicted molar refractivity (Wildman–Crippen MR) is 134 cm³/mol. The van der Waals surface area contributed by atoms with Crippen molar-refractivity contribution in [3.05, 3.63) is 41.5 Å². The second-order valence-electron chi connectivity index (χ2n) is 8.24. The molecule has 1 aliphatic heterocycles. The molecule has 0 saturated heterocycles. The van der Waals surface area contributed by atoms with Gasteiger partial charge < -0.3 is 34.5 Å². The van der Waals surface area contributed by atoms with Crippen molar-refractivity contribution in [3.63, 3.8) is 0 Å². The van der Waals surface area contributed by atoms with Crippen LogP contribution < -0.4 is 29.6 Å². The van der Waals surface area contributed by atoms with Crippen molar-refractivity contribution in [3.8, 4) is 23.0 Å². The van der Waals surface area contributed by atoms with Crippen molar-refractivity contribution >= 4 is 11.6 Å². The zero-order chi connectivity index (χ0) is 24.3. The molecule has 1 heterocycles. The molecule has 0 aliphatic carbocycles. The van der Waals surface area contributed by atoms with Gasteiger partial charge in [-0.15, -0.1) is 0 Å². The molecule has 0 fully saturated rings. The molecule has 1 amide bonds. The van der Waals surface area contributed by atoms with E-state index in [1.54, 1.807) is 28.4 Å². The number of nitrogens with zero attached hydrogens (tertiary/aromatic N) is 1. The van der Waals surface area contributed by atoms with Gasteiger partial charge in [0.05, 0.1) is 34.9 Å². The van der Waals surface area contributed by atoms with E-state index >= 15 is 0 Å². The molecule has 186 valence electrons. The molecular weight excluding hydrogens is 434 g/mol. The maximum absolute atomic E-state index is 12.8. The maximum atomic E-state index is 12.8. The van der Waals surface area contributed by atoms with E-state index in [4.69, 9.17) is 18.9 Å². The molecule has 34 heavy (non-hydrogen) atoms. The fraction of sp³-hybridized carbons (Fsp3) is 0.500. The van der Waals surface area contributed by atoms with Crippen molar-refractivity contribution < 1.29 is 23.7 Å². The van der Waals surface area contributed by atoms with Crippen LogP contribution >= 0.6 is 0 Å². The standard InChI is InChI=1S/C26H37N3O5/c1-31-22-8-7-21(18-25(22)34-4)28-12-5-10-27-11-6-13-29-14-9-19-15-23(32-2)24(33-3)16-20(19)17-26(29)30/h7-8,15-16,18,27-28H,5-6,9-14,17H2,1-4H3. The molecule has 0 saturated carbocycles. The molecule has 0 spiro atoms. The second kappa shape index (κ2) is 12.9. The first-order chi connectivity index (χ1) is 16.6. The minimum atomic E-state index is 0.171. The van der Waals surface area contributed by atoms with Crippen LogP contribution in [0.4, 0.5) is 5.69 Å². The van der Waals surface area contributed by atoms with E-state index in [2.05, 4.69) is 10.6 Å². The van der Waals surface area contributed by atoms with Crippen LogP contribution in [-0.4, -0.2) is 72.0 Å². The van der Waals surface area contributed by atoms with Crippen molar-refractivity contribution in [2.75, 3.05) is 66.5 Å². The molecule has 0 bridgehead atoms. The largest absolute Gasteiger partial charge is 0.493 e. The van der Waals surface area contributed by atoms with Gasteiger partial charge in [0.25, 0.3) is 0 Å². The van der Waals surface area contributed by atoms with Crippen LogP contribution in [0.25, 0.3) is 0 Å². The number of fused-ring (bicyclic) bond motifs is 1. The lowest BCUT2D eigenvalue weighted by Crippen LogP contribution is -2.34. The first-order valence-corrected chi connectivity index (χ1v) is 11.8. The number of hydrogen-bond acceptors (Lipinski definition) is 7. The summed E-state index contributed by atoms with van der Waals surface area (Å²) in [7, 11) is 6.52. The van der Waals surface area contributed by atoms with Gasteiger partial charge in [-0.1, -0.05) is 0 Å². The third kappa shape index (κ3) is 6.70. The second-order valence-corrected chi connectivity index (χ2v) is 8.24. The summed E-state index contributed by atoms with van der Waals surface area (Å²) in [4.78, 5) is 14.7. The highest BCUT2D eigenvalue weighted by molar-refractivity contribution is 5.80. The van der Waals surface area contributed by atoms with Gasteiger partial charge in [-0.25, -0.2) is 0 Å². The molecule has 2 aromatic rings. The van der Waals surface area contributed by atoms with Gasteiger partial charge in [0.15, 0.2) is 23.0 Å². The average Bonchev–Trinajstić information content (AvgIpc) is 3.01. The maximum Gasteiger partial charge on any atom is 0.227 e. The molecule has 0 atom stereocenters. The summed E-state index contributed by atoms with van der Waals surface area (Å²) in [5, 5.41) is 6.88. The number of carbonyl (C=O) groups excluding carboxylic acids is 1. The van der Waals surface area contributed by atoms with Crippen LogP contribution in [0.2, 0.25) is 0 Å². The van der Waals surface area contributed by atoms with E-state index in [1.807, 2.05) is 35.2 Å². The molecule has 0 unspecified atom stereocenters. The van der Waals surface area contributed by atoms with Crippen molar-refractivity contribution in [1.82, 2.24) is 10.2 Å².